The minimum absolute atomic E-state index is 0. The second-order valence-corrected chi connectivity index (χ2v) is 13.7. The Labute approximate surface area is 295 Å². The number of carbonyl (C=O) groups is 2. The molecule has 1 unspecified atom stereocenters. The predicted octanol–water partition coefficient (Wildman–Crippen LogP) is 4.34. The smallest absolute Gasteiger partial charge is 0.318 e. The number of hydrogen-bond acceptors (Lipinski definition) is 8. The van der Waals surface area contributed by atoms with E-state index in [4.69, 9.17) is 9.47 Å². The quantitative estimate of drug-likeness (QED) is 0.366. The fourth-order valence-electron chi connectivity index (χ4n) is 6.80. The van der Waals surface area contributed by atoms with Gasteiger partial charge in [-0.1, -0.05) is 36.4 Å². The van der Waals surface area contributed by atoms with Crippen molar-refractivity contribution >= 4 is 52.5 Å². The minimum Gasteiger partial charge on any atom is -0.497 e. The van der Waals surface area contributed by atoms with Gasteiger partial charge in [-0.3, -0.25) is 9.69 Å². The number of carbonyl (C=O) groups excluding carboxylic acids is 2. The van der Waals surface area contributed by atoms with Gasteiger partial charge in [-0.25, -0.2) is 13.2 Å². The number of fused-ring (bicyclic) bond motifs is 1. The number of anilines is 1. The Morgan fingerprint density at radius 1 is 0.896 bits per heavy atom. The van der Waals surface area contributed by atoms with Crippen molar-refractivity contribution in [1.82, 2.24) is 20.0 Å². The second kappa shape index (κ2) is 15.3. The number of piperazine rings is 1. The molecule has 2 fully saturated rings. The Morgan fingerprint density at radius 3 is 2.19 bits per heavy atom. The van der Waals surface area contributed by atoms with Crippen LogP contribution in [0.5, 0.6) is 11.5 Å². The summed E-state index contributed by atoms with van der Waals surface area (Å²) >= 11 is 0. The Balaban J connectivity index is 0.00000260. The summed E-state index contributed by atoms with van der Waals surface area (Å²) in [6.45, 7) is 7.20. The molecule has 260 valence electrons. The number of urea groups is 1. The van der Waals surface area contributed by atoms with Gasteiger partial charge in [0.1, 0.15) is 11.5 Å². The third-order valence-electron chi connectivity index (χ3n) is 9.30. The van der Waals surface area contributed by atoms with Crippen LogP contribution in [0.15, 0.2) is 77.7 Å². The number of sulfonamides is 1. The Morgan fingerprint density at radius 2 is 1.54 bits per heavy atom. The summed E-state index contributed by atoms with van der Waals surface area (Å²) in [6.07, 6.45) is 1.62. The van der Waals surface area contributed by atoms with E-state index in [1.165, 1.54) is 19.2 Å². The fraction of sp³-hybridized carbons (Fsp3) is 0.412. The molecule has 11 nitrogen and oxygen atoms in total. The molecule has 48 heavy (non-hydrogen) atoms. The van der Waals surface area contributed by atoms with Crippen LogP contribution >= 0.6 is 24.8 Å². The molecule has 0 aromatic heterocycles. The van der Waals surface area contributed by atoms with E-state index < -0.39 is 27.5 Å². The summed E-state index contributed by atoms with van der Waals surface area (Å²) in [7, 11) is -0.752. The molecular formula is C34H43Cl2N5O6S. The molecule has 0 aliphatic carbocycles. The van der Waals surface area contributed by atoms with E-state index in [2.05, 4.69) is 22.2 Å². The molecule has 3 aliphatic rings. The maximum Gasteiger partial charge on any atom is 0.318 e. The maximum atomic E-state index is 15.0. The number of rotatable bonds is 8. The molecule has 0 bridgehead atoms. The summed E-state index contributed by atoms with van der Waals surface area (Å²) in [5.41, 5.74) is -1.18. The highest BCUT2D eigenvalue weighted by Crippen LogP contribution is 2.50. The molecule has 0 spiro atoms. The lowest BCUT2D eigenvalue weighted by Gasteiger charge is -2.42. The van der Waals surface area contributed by atoms with E-state index in [0.717, 1.165) is 43.3 Å². The van der Waals surface area contributed by atoms with Gasteiger partial charge in [0.25, 0.3) is 15.9 Å². The zero-order valence-electron chi connectivity index (χ0n) is 27.3. The Kier molecular flexibility index (Phi) is 11.9. The standard InChI is InChI=1S/C34H41N5O6S.2ClH/c1-4-45-31-13-9-8-12-28(31)34(35-33(41)38-18-16-25(17-19-38)37-22-20-36(2)21-23-37)29-24-26(44-3)14-15-30(29)39(32(34)40)46(42,43)27-10-6-5-7-11-27;;/h5-15,24-25H,4,16-23H2,1-3H3,(H,35,41);2*1H. The SMILES string of the molecule is CCOc1ccccc1C1(NC(=O)N2CCC(N3CCN(C)CC3)CC2)C(=O)N(S(=O)(=O)c2ccccc2)c2ccc(OC)cc21.Cl.Cl. The lowest BCUT2D eigenvalue weighted by Crippen LogP contribution is -2.59. The summed E-state index contributed by atoms with van der Waals surface area (Å²) in [6, 6.07) is 19.5. The van der Waals surface area contributed by atoms with E-state index in [0.29, 0.717) is 42.8 Å². The van der Waals surface area contributed by atoms with Crippen LogP contribution in [0.2, 0.25) is 0 Å². The maximum absolute atomic E-state index is 15.0. The number of likely N-dealkylation sites (tertiary alicyclic amines) is 1. The number of likely N-dealkylation sites (N-methyl/N-ethyl adjacent to an activating group) is 1. The van der Waals surface area contributed by atoms with Gasteiger partial charge < -0.3 is 24.6 Å². The monoisotopic (exact) mass is 719 g/mol. The molecule has 14 heteroatoms. The van der Waals surface area contributed by atoms with Crippen LogP contribution in [0.25, 0.3) is 0 Å². The first-order valence-electron chi connectivity index (χ1n) is 15.8. The van der Waals surface area contributed by atoms with Crippen LogP contribution in [-0.2, 0) is 20.4 Å². The zero-order valence-corrected chi connectivity index (χ0v) is 29.8. The highest BCUT2D eigenvalue weighted by Gasteiger charge is 2.59. The lowest BCUT2D eigenvalue weighted by molar-refractivity contribution is -0.121. The first-order chi connectivity index (χ1) is 22.2. The largest absolute Gasteiger partial charge is 0.497 e. The lowest BCUT2D eigenvalue weighted by atomic mass is 9.83. The number of benzene rings is 3. The van der Waals surface area contributed by atoms with Crippen LogP contribution in [0.4, 0.5) is 10.5 Å². The number of para-hydroxylation sites is 1. The average Bonchev–Trinajstić information content (AvgIpc) is 3.33. The molecule has 2 saturated heterocycles. The Bertz CT molecular complexity index is 1700. The van der Waals surface area contributed by atoms with E-state index in [1.807, 2.05) is 6.92 Å². The van der Waals surface area contributed by atoms with Crippen molar-refractivity contribution in [1.29, 1.82) is 0 Å². The second-order valence-electron chi connectivity index (χ2n) is 11.9. The highest BCUT2D eigenvalue weighted by molar-refractivity contribution is 7.93. The van der Waals surface area contributed by atoms with Crippen molar-refractivity contribution in [2.24, 2.45) is 0 Å². The minimum atomic E-state index is -4.38. The summed E-state index contributed by atoms with van der Waals surface area (Å²) in [5, 5.41) is 3.06. The molecule has 3 aromatic rings. The van der Waals surface area contributed by atoms with Gasteiger partial charge in [-0.05, 0) is 63.2 Å². The summed E-state index contributed by atoms with van der Waals surface area (Å²) in [4.78, 5) is 35.7. The average molecular weight is 721 g/mol. The number of nitrogens with zero attached hydrogens (tertiary/aromatic N) is 4. The number of hydrogen-bond donors (Lipinski definition) is 1. The molecule has 6 rings (SSSR count). The van der Waals surface area contributed by atoms with Crippen LogP contribution in [0.1, 0.15) is 30.9 Å². The highest BCUT2D eigenvalue weighted by atomic mass is 35.5. The number of methoxy groups -OCH3 is 1. The van der Waals surface area contributed by atoms with Crippen LogP contribution in [0.3, 0.4) is 0 Å². The van der Waals surface area contributed by atoms with Gasteiger partial charge in [0.05, 0.1) is 24.3 Å². The normalized spacial score (nSPS) is 20.4. The zero-order chi connectivity index (χ0) is 32.5. The van der Waals surface area contributed by atoms with Gasteiger partial charge in [-0.15, -0.1) is 24.8 Å². The van der Waals surface area contributed by atoms with Gasteiger partial charge >= 0.3 is 6.03 Å². The first-order valence-corrected chi connectivity index (χ1v) is 17.2. The van der Waals surface area contributed by atoms with Crippen molar-refractivity contribution in [3.63, 3.8) is 0 Å². The predicted molar refractivity (Wildman–Crippen MR) is 189 cm³/mol. The molecule has 3 heterocycles. The van der Waals surface area contributed by atoms with E-state index in [9.17, 15) is 18.0 Å². The van der Waals surface area contributed by atoms with Crippen LogP contribution in [0, 0.1) is 0 Å². The number of piperidine rings is 1. The number of ether oxygens (including phenoxy) is 2. The molecular weight excluding hydrogens is 677 g/mol. The molecule has 1 N–H and O–H groups in total. The molecule has 1 atom stereocenters. The topological polar surface area (TPSA) is 112 Å². The number of nitrogens with one attached hydrogen (secondary N) is 1. The van der Waals surface area contributed by atoms with E-state index >= 15 is 0 Å². The van der Waals surface area contributed by atoms with E-state index in [1.54, 1.807) is 65.6 Å². The van der Waals surface area contributed by atoms with Crippen LogP contribution < -0.4 is 19.1 Å². The molecule has 0 saturated carbocycles. The van der Waals surface area contributed by atoms with Crippen molar-refractivity contribution in [2.45, 2.75) is 36.2 Å². The van der Waals surface area contributed by atoms with Crippen molar-refractivity contribution in [3.8, 4) is 11.5 Å². The third kappa shape index (κ3) is 6.69. The molecule has 3 aromatic carbocycles. The molecule has 3 amide bonds. The fourth-order valence-corrected chi connectivity index (χ4v) is 8.29. The van der Waals surface area contributed by atoms with Crippen molar-refractivity contribution < 1.29 is 27.5 Å². The summed E-state index contributed by atoms with van der Waals surface area (Å²) < 4.78 is 40.7. The van der Waals surface area contributed by atoms with Gasteiger partial charge in [0, 0.05) is 56.4 Å². The van der Waals surface area contributed by atoms with Crippen molar-refractivity contribution in [2.75, 3.05) is 64.3 Å². The molecule has 0 radical (unpaired) electrons. The van der Waals surface area contributed by atoms with Crippen molar-refractivity contribution in [3.05, 3.63) is 83.9 Å². The van der Waals surface area contributed by atoms with E-state index in [-0.39, 0.29) is 41.0 Å². The van der Waals surface area contributed by atoms with Crippen LogP contribution in [-0.4, -0.2) is 101 Å². The van der Waals surface area contributed by atoms with Gasteiger partial charge in [-0.2, -0.15) is 4.31 Å². The molecule has 3 aliphatic heterocycles. The third-order valence-corrected chi connectivity index (χ3v) is 11.0. The number of halogens is 2. The summed E-state index contributed by atoms with van der Waals surface area (Å²) in [5.74, 6) is -0.0569. The van der Waals surface area contributed by atoms with Gasteiger partial charge in [0.2, 0.25) is 0 Å². The Hall–Kier alpha value is -3.55. The number of amides is 3. The van der Waals surface area contributed by atoms with Gasteiger partial charge in [0.15, 0.2) is 5.54 Å². The first kappa shape index (κ1) is 37.3.